The van der Waals surface area contributed by atoms with Gasteiger partial charge in [0, 0.05) is 7.11 Å². The Morgan fingerprint density at radius 3 is 2.38 bits per heavy atom. The number of nitrogens with zero attached hydrogens (tertiary/aromatic N) is 2. The zero-order chi connectivity index (χ0) is 12.0. The third kappa shape index (κ3) is 3.58. The first-order valence-electron chi connectivity index (χ1n) is 5.91. The summed E-state index contributed by atoms with van der Waals surface area (Å²) in [7, 11) is 3.97. The Kier molecular flexibility index (Phi) is 4.90. The van der Waals surface area contributed by atoms with Crippen LogP contribution in [0.2, 0.25) is 0 Å². The predicted molar refractivity (Wildman–Crippen MR) is 65.9 cm³/mol. The van der Waals surface area contributed by atoms with Crippen LogP contribution in [0, 0.1) is 0 Å². The van der Waals surface area contributed by atoms with Crippen molar-refractivity contribution >= 4 is 0 Å². The Morgan fingerprint density at radius 2 is 1.81 bits per heavy atom. The first kappa shape index (κ1) is 13.1. The highest BCUT2D eigenvalue weighted by atomic mass is 16.5. The topological polar surface area (TPSA) is 22.1 Å². The number of ether oxygens (including phenoxy) is 1. The van der Waals surface area contributed by atoms with E-state index in [0.717, 1.165) is 35.5 Å². The Morgan fingerprint density at radius 1 is 1.19 bits per heavy atom. The van der Waals surface area contributed by atoms with Gasteiger partial charge in [-0.05, 0) is 26.0 Å². The van der Waals surface area contributed by atoms with Crippen LogP contribution in [-0.4, -0.2) is 36.7 Å². The van der Waals surface area contributed by atoms with Crippen LogP contribution in [0.5, 0.6) is 0 Å². The molecular formula is C13H23N2O+. The van der Waals surface area contributed by atoms with E-state index in [-0.39, 0.29) is 0 Å². The molecule has 1 heterocycles. The van der Waals surface area contributed by atoms with E-state index in [9.17, 15) is 0 Å². The number of hydrogen-bond acceptors (Lipinski definition) is 2. The van der Waals surface area contributed by atoms with E-state index >= 15 is 0 Å². The first-order valence-corrected chi connectivity index (χ1v) is 5.91. The summed E-state index contributed by atoms with van der Waals surface area (Å²) in [5.74, 6) is 0. The zero-order valence-electron chi connectivity index (χ0n) is 10.9. The van der Waals surface area contributed by atoms with Gasteiger partial charge >= 0.3 is 0 Å². The third-order valence-electron chi connectivity index (χ3n) is 3.23. The molecule has 0 radical (unpaired) electrons. The molecule has 1 aromatic heterocycles. The quantitative estimate of drug-likeness (QED) is 0.690. The molecule has 0 aliphatic rings. The molecular weight excluding hydrogens is 200 g/mol. The fourth-order valence-electron chi connectivity index (χ4n) is 1.68. The summed E-state index contributed by atoms with van der Waals surface area (Å²) in [4.78, 5) is 4.60. The fourth-order valence-corrected chi connectivity index (χ4v) is 1.68. The van der Waals surface area contributed by atoms with E-state index in [4.69, 9.17) is 4.74 Å². The van der Waals surface area contributed by atoms with Crippen molar-refractivity contribution in [2.75, 3.05) is 27.2 Å². The molecule has 0 saturated heterocycles. The van der Waals surface area contributed by atoms with Crippen LogP contribution in [-0.2, 0) is 17.9 Å². The molecule has 1 rings (SSSR count). The van der Waals surface area contributed by atoms with Crippen molar-refractivity contribution in [2.45, 2.75) is 27.0 Å². The highest BCUT2D eigenvalue weighted by molar-refractivity contribution is 5.09. The van der Waals surface area contributed by atoms with Gasteiger partial charge in [-0.25, -0.2) is 4.98 Å². The molecule has 1 aromatic rings. The monoisotopic (exact) mass is 223 g/mol. The molecule has 0 fully saturated rings. The fraction of sp³-hybridized carbons (Fsp3) is 0.615. The number of hydrogen-bond donors (Lipinski definition) is 0. The van der Waals surface area contributed by atoms with Crippen LogP contribution in [0.3, 0.4) is 0 Å². The van der Waals surface area contributed by atoms with Gasteiger partial charge in [0.15, 0.2) is 0 Å². The van der Waals surface area contributed by atoms with Crippen LogP contribution in [0.1, 0.15) is 25.2 Å². The summed E-state index contributed by atoms with van der Waals surface area (Å²) in [5, 5.41) is 0. The second kappa shape index (κ2) is 5.97. The summed E-state index contributed by atoms with van der Waals surface area (Å²) >= 11 is 0. The molecule has 3 heteroatoms. The lowest BCUT2D eigenvalue weighted by Gasteiger charge is -2.31. The van der Waals surface area contributed by atoms with Crippen LogP contribution in [0.25, 0.3) is 0 Å². The Balaban J connectivity index is 2.76. The van der Waals surface area contributed by atoms with Crippen LogP contribution >= 0.6 is 0 Å². The highest BCUT2D eigenvalue weighted by Gasteiger charge is 2.17. The third-order valence-corrected chi connectivity index (χ3v) is 3.23. The van der Waals surface area contributed by atoms with Crippen molar-refractivity contribution in [3.05, 3.63) is 29.6 Å². The molecule has 0 aliphatic heterocycles. The normalized spacial score (nSPS) is 11.8. The van der Waals surface area contributed by atoms with Crippen LogP contribution in [0.15, 0.2) is 18.2 Å². The number of pyridine rings is 1. The van der Waals surface area contributed by atoms with E-state index in [1.807, 2.05) is 6.07 Å². The van der Waals surface area contributed by atoms with Crippen molar-refractivity contribution in [3.63, 3.8) is 0 Å². The van der Waals surface area contributed by atoms with Crippen LogP contribution in [0.4, 0.5) is 0 Å². The van der Waals surface area contributed by atoms with Crippen molar-refractivity contribution in [1.82, 2.24) is 4.98 Å². The average molecular weight is 223 g/mol. The molecule has 0 aliphatic carbocycles. The SMILES string of the molecule is CC[N+](C)(CC)Cc1cccc(COC)n1. The van der Waals surface area contributed by atoms with Crippen molar-refractivity contribution < 1.29 is 9.22 Å². The molecule has 0 atom stereocenters. The minimum Gasteiger partial charge on any atom is -0.378 e. The largest absolute Gasteiger partial charge is 0.378 e. The second-order valence-corrected chi connectivity index (χ2v) is 4.46. The van der Waals surface area contributed by atoms with Gasteiger partial charge in [0.2, 0.25) is 0 Å². The van der Waals surface area contributed by atoms with Gasteiger partial charge in [-0.3, -0.25) is 0 Å². The summed E-state index contributed by atoms with van der Waals surface area (Å²) < 4.78 is 6.13. The number of aromatic nitrogens is 1. The second-order valence-electron chi connectivity index (χ2n) is 4.46. The maximum Gasteiger partial charge on any atom is 0.121 e. The van der Waals surface area contributed by atoms with E-state index in [1.54, 1.807) is 7.11 Å². The molecule has 0 aromatic carbocycles. The maximum absolute atomic E-state index is 5.10. The van der Waals surface area contributed by atoms with E-state index in [1.165, 1.54) is 0 Å². The Bertz CT molecular complexity index is 321. The lowest BCUT2D eigenvalue weighted by Crippen LogP contribution is -2.42. The van der Waals surface area contributed by atoms with Gasteiger partial charge < -0.3 is 9.22 Å². The van der Waals surface area contributed by atoms with Gasteiger partial charge in [0.05, 0.1) is 38.1 Å². The maximum atomic E-state index is 5.10. The van der Waals surface area contributed by atoms with Crippen molar-refractivity contribution in [2.24, 2.45) is 0 Å². The van der Waals surface area contributed by atoms with Crippen LogP contribution < -0.4 is 0 Å². The van der Waals surface area contributed by atoms with Gasteiger partial charge in [0.25, 0.3) is 0 Å². The van der Waals surface area contributed by atoms with E-state index in [2.05, 4.69) is 38.0 Å². The molecule has 16 heavy (non-hydrogen) atoms. The smallest absolute Gasteiger partial charge is 0.121 e. The average Bonchev–Trinajstić information content (AvgIpc) is 2.30. The minimum atomic E-state index is 0.593. The van der Waals surface area contributed by atoms with Gasteiger partial charge in [-0.2, -0.15) is 0 Å². The van der Waals surface area contributed by atoms with Crippen molar-refractivity contribution in [3.8, 4) is 0 Å². The van der Waals surface area contributed by atoms with Crippen molar-refractivity contribution in [1.29, 1.82) is 0 Å². The van der Waals surface area contributed by atoms with Gasteiger partial charge in [-0.1, -0.05) is 6.07 Å². The first-order chi connectivity index (χ1) is 7.63. The van der Waals surface area contributed by atoms with E-state index < -0.39 is 0 Å². The molecule has 0 amide bonds. The molecule has 0 saturated carbocycles. The number of methoxy groups -OCH3 is 1. The summed E-state index contributed by atoms with van der Waals surface area (Å²) in [6.45, 7) is 8.30. The van der Waals surface area contributed by atoms with Gasteiger partial charge in [0.1, 0.15) is 6.54 Å². The minimum absolute atomic E-state index is 0.593. The molecule has 0 unspecified atom stereocenters. The predicted octanol–water partition coefficient (Wildman–Crippen LogP) is 2.21. The molecule has 0 bridgehead atoms. The molecule has 90 valence electrons. The number of quaternary nitrogens is 1. The molecule has 0 N–H and O–H groups in total. The summed E-state index contributed by atoms with van der Waals surface area (Å²) in [6, 6.07) is 6.17. The summed E-state index contributed by atoms with van der Waals surface area (Å²) in [5.41, 5.74) is 2.17. The Hall–Kier alpha value is -0.930. The Labute approximate surface area is 98.7 Å². The van der Waals surface area contributed by atoms with Gasteiger partial charge in [-0.15, -0.1) is 0 Å². The lowest BCUT2D eigenvalue weighted by atomic mass is 10.2. The molecule has 0 spiro atoms. The zero-order valence-corrected chi connectivity index (χ0v) is 10.9. The van der Waals surface area contributed by atoms with E-state index in [0.29, 0.717) is 6.61 Å². The highest BCUT2D eigenvalue weighted by Crippen LogP contribution is 2.10. The standard InChI is InChI=1S/C13H23N2O/c1-5-15(3,6-2)10-12-8-7-9-13(14-12)11-16-4/h7-9H,5-6,10-11H2,1-4H3/q+1. The lowest BCUT2D eigenvalue weighted by molar-refractivity contribution is -0.919. The summed E-state index contributed by atoms with van der Waals surface area (Å²) in [6.07, 6.45) is 0. The number of rotatable bonds is 6. The molecule has 3 nitrogen and oxygen atoms in total.